The van der Waals surface area contributed by atoms with Crippen LogP contribution in [0.4, 0.5) is 5.82 Å². The van der Waals surface area contributed by atoms with E-state index in [0.29, 0.717) is 0 Å². The molecule has 1 N–H and O–H groups in total. The molecule has 3 rings (SSSR count). The Balaban J connectivity index is 1.94. The van der Waals surface area contributed by atoms with Crippen LogP contribution in [0.3, 0.4) is 0 Å². The molecule has 0 aliphatic rings. The van der Waals surface area contributed by atoms with Crippen LogP contribution in [0.25, 0.3) is 5.65 Å². The summed E-state index contributed by atoms with van der Waals surface area (Å²) >= 11 is 1.77. The number of thiophene rings is 1. The summed E-state index contributed by atoms with van der Waals surface area (Å²) in [5, 5.41) is 18.8. The Labute approximate surface area is 134 Å². The molecule has 1 unspecified atom stereocenters. The number of rotatable bonds is 4. The number of hydrogen-bond donors (Lipinski definition) is 1. The van der Waals surface area contributed by atoms with E-state index in [0.717, 1.165) is 23.7 Å². The van der Waals surface area contributed by atoms with Gasteiger partial charge in [0.2, 0.25) is 0 Å². The number of nitrogens with zero attached hydrogens (tertiary/aromatic N) is 4. The zero-order valence-electron chi connectivity index (χ0n) is 13.4. The molecule has 5 nitrogen and oxygen atoms in total. The number of hydrogen-bond acceptors (Lipinski definition) is 5. The van der Waals surface area contributed by atoms with Crippen molar-refractivity contribution in [3.63, 3.8) is 0 Å². The molecule has 0 bridgehead atoms. The molecular weight excluding hydrogens is 294 g/mol. The Hall–Kier alpha value is -1.95. The highest BCUT2D eigenvalue weighted by atomic mass is 32.1. The van der Waals surface area contributed by atoms with E-state index < -0.39 is 0 Å². The lowest BCUT2D eigenvalue weighted by molar-refractivity contribution is 0.527. The SMILES string of the molecule is CCC(Nc1ccc2nnc(C(C)(C)C)n2n1)c1cccs1. The van der Waals surface area contributed by atoms with Gasteiger partial charge >= 0.3 is 0 Å². The van der Waals surface area contributed by atoms with Gasteiger partial charge in [0.05, 0.1) is 6.04 Å². The minimum atomic E-state index is -0.0943. The minimum absolute atomic E-state index is 0.0943. The predicted octanol–water partition coefficient (Wildman–Crippen LogP) is 4.05. The van der Waals surface area contributed by atoms with Gasteiger partial charge in [-0.25, -0.2) is 0 Å². The summed E-state index contributed by atoms with van der Waals surface area (Å²) in [6.45, 7) is 8.53. The van der Waals surface area contributed by atoms with E-state index >= 15 is 0 Å². The summed E-state index contributed by atoms with van der Waals surface area (Å²) in [6, 6.07) is 8.44. The van der Waals surface area contributed by atoms with Crippen molar-refractivity contribution in [2.75, 3.05) is 5.32 Å². The van der Waals surface area contributed by atoms with Crippen molar-refractivity contribution in [2.45, 2.75) is 45.6 Å². The van der Waals surface area contributed by atoms with Gasteiger partial charge in [-0.1, -0.05) is 33.8 Å². The fourth-order valence-corrected chi connectivity index (χ4v) is 3.24. The van der Waals surface area contributed by atoms with E-state index in [2.05, 4.69) is 65.8 Å². The molecule has 3 aromatic heterocycles. The quantitative estimate of drug-likeness (QED) is 0.789. The van der Waals surface area contributed by atoms with E-state index in [1.165, 1.54) is 4.88 Å². The summed E-state index contributed by atoms with van der Waals surface area (Å²) < 4.78 is 1.84. The molecule has 0 amide bonds. The Bertz CT molecular complexity index is 755. The van der Waals surface area contributed by atoms with Crippen molar-refractivity contribution < 1.29 is 0 Å². The molecule has 0 aliphatic carbocycles. The monoisotopic (exact) mass is 315 g/mol. The van der Waals surface area contributed by atoms with Gasteiger partial charge in [0.25, 0.3) is 0 Å². The zero-order valence-corrected chi connectivity index (χ0v) is 14.2. The molecule has 0 aliphatic heterocycles. The molecule has 0 saturated heterocycles. The molecular formula is C16H21N5S. The standard InChI is InChI=1S/C16H21N5S/c1-5-11(12-7-6-10-22-12)17-13-8-9-14-18-19-15(16(2,3)4)21(14)20-13/h6-11H,5H2,1-4H3,(H,17,20). The van der Waals surface area contributed by atoms with Crippen molar-refractivity contribution in [3.8, 4) is 0 Å². The Morgan fingerprint density at radius 3 is 2.68 bits per heavy atom. The maximum absolute atomic E-state index is 4.68. The molecule has 3 aromatic rings. The van der Waals surface area contributed by atoms with Crippen LogP contribution in [-0.4, -0.2) is 19.8 Å². The zero-order chi connectivity index (χ0) is 15.7. The van der Waals surface area contributed by atoms with E-state index in [1.54, 1.807) is 11.3 Å². The van der Waals surface area contributed by atoms with Crippen LogP contribution < -0.4 is 5.32 Å². The lowest BCUT2D eigenvalue weighted by Crippen LogP contribution is -2.18. The second kappa shape index (κ2) is 5.68. The summed E-state index contributed by atoms with van der Waals surface area (Å²) in [6.07, 6.45) is 1.01. The topological polar surface area (TPSA) is 55.1 Å². The Morgan fingerprint density at radius 2 is 2.05 bits per heavy atom. The molecule has 0 radical (unpaired) electrons. The summed E-state index contributed by atoms with van der Waals surface area (Å²) in [7, 11) is 0. The highest BCUT2D eigenvalue weighted by Gasteiger charge is 2.22. The second-order valence-corrected chi connectivity index (χ2v) is 7.36. The first-order valence-corrected chi connectivity index (χ1v) is 8.40. The van der Waals surface area contributed by atoms with Crippen LogP contribution in [0.5, 0.6) is 0 Å². The van der Waals surface area contributed by atoms with Crippen LogP contribution >= 0.6 is 11.3 Å². The Morgan fingerprint density at radius 1 is 1.23 bits per heavy atom. The summed E-state index contributed by atoms with van der Waals surface area (Å²) in [5.74, 6) is 1.72. The molecule has 6 heteroatoms. The highest BCUT2D eigenvalue weighted by molar-refractivity contribution is 7.10. The predicted molar refractivity (Wildman–Crippen MR) is 90.5 cm³/mol. The molecule has 0 fully saturated rings. The van der Waals surface area contributed by atoms with Gasteiger partial charge < -0.3 is 5.32 Å². The second-order valence-electron chi connectivity index (χ2n) is 6.38. The molecule has 22 heavy (non-hydrogen) atoms. The van der Waals surface area contributed by atoms with Gasteiger partial charge in [-0.3, -0.25) is 0 Å². The lowest BCUT2D eigenvalue weighted by atomic mass is 9.96. The summed E-state index contributed by atoms with van der Waals surface area (Å²) in [4.78, 5) is 1.32. The molecule has 3 heterocycles. The van der Waals surface area contributed by atoms with Crippen LogP contribution in [0.1, 0.15) is 50.9 Å². The number of fused-ring (bicyclic) bond motifs is 1. The van der Waals surface area contributed by atoms with Gasteiger partial charge in [-0.05, 0) is 30.0 Å². The largest absolute Gasteiger partial charge is 0.361 e. The third-order valence-corrected chi connectivity index (χ3v) is 4.54. The van der Waals surface area contributed by atoms with Gasteiger partial charge in [-0.2, -0.15) is 4.52 Å². The first kappa shape index (κ1) is 15.0. The molecule has 0 aromatic carbocycles. The molecule has 1 atom stereocenters. The number of nitrogens with one attached hydrogen (secondary N) is 1. The smallest absolute Gasteiger partial charge is 0.178 e. The first-order chi connectivity index (χ1) is 10.5. The third-order valence-electron chi connectivity index (χ3n) is 3.55. The molecule has 0 spiro atoms. The third kappa shape index (κ3) is 2.83. The van der Waals surface area contributed by atoms with Crippen molar-refractivity contribution in [3.05, 3.63) is 40.3 Å². The average molecular weight is 315 g/mol. The van der Waals surface area contributed by atoms with E-state index in [1.807, 2.05) is 16.6 Å². The van der Waals surface area contributed by atoms with Crippen molar-refractivity contribution in [1.82, 2.24) is 19.8 Å². The summed E-state index contributed by atoms with van der Waals surface area (Å²) in [5.41, 5.74) is 0.683. The van der Waals surface area contributed by atoms with Crippen LogP contribution in [0.15, 0.2) is 29.6 Å². The fourth-order valence-electron chi connectivity index (χ4n) is 2.38. The van der Waals surface area contributed by atoms with Gasteiger partial charge in [0, 0.05) is 10.3 Å². The number of anilines is 1. The van der Waals surface area contributed by atoms with Crippen molar-refractivity contribution in [1.29, 1.82) is 0 Å². The maximum Gasteiger partial charge on any atom is 0.178 e. The highest BCUT2D eigenvalue weighted by Crippen LogP contribution is 2.26. The normalized spacial score (nSPS) is 13.5. The first-order valence-electron chi connectivity index (χ1n) is 7.52. The molecule has 0 saturated carbocycles. The van der Waals surface area contributed by atoms with Crippen LogP contribution in [0, 0.1) is 0 Å². The fraction of sp³-hybridized carbons (Fsp3) is 0.438. The van der Waals surface area contributed by atoms with Crippen LogP contribution in [0.2, 0.25) is 0 Å². The van der Waals surface area contributed by atoms with E-state index in [9.17, 15) is 0 Å². The lowest BCUT2D eigenvalue weighted by Gasteiger charge is -2.18. The average Bonchev–Trinajstić information content (AvgIpc) is 3.12. The van der Waals surface area contributed by atoms with Crippen LogP contribution in [-0.2, 0) is 5.41 Å². The molecule has 116 valence electrons. The van der Waals surface area contributed by atoms with E-state index in [4.69, 9.17) is 0 Å². The minimum Gasteiger partial charge on any atom is -0.361 e. The van der Waals surface area contributed by atoms with Gasteiger partial charge in [0.1, 0.15) is 5.82 Å². The van der Waals surface area contributed by atoms with Crippen molar-refractivity contribution >= 4 is 22.8 Å². The Kier molecular flexibility index (Phi) is 3.87. The maximum atomic E-state index is 4.68. The van der Waals surface area contributed by atoms with Gasteiger partial charge in [-0.15, -0.1) is 26.6 Å². The van der Waals surface area contributed by atoms with E-state index in [-0.39, 0.29) is 11.5 Å². The van der Waals surface area contributed by atoms with Gasteiger partial charge in [0.15, 0.2) is 11.5 Å². The van der Waals surface area contributed by atoms with Crippen molar-refractivity contribution in [2.24, 2.45) is 0 Å². The number of aromatic nitrogens is 4.